The minimum absolute atomic E-state index is 0.680. The normalized spacial score (nSPS) is 10.6. The third-order valence-electron chi connectivity index (χ3n) is 2.47. The van der Waals surface area contributed by atoms with Crippen molar-refractivity contribution in [3.05, 3.63) is 52.3 Å². The fourth-order valence-corrected chi connectivity index (χ4v) is 2.04. The van der Waals surface area contributed by atoms with Crippen molar-refractivity contribution in [2.45, 2.75) is 13.0 Å². The van der Waals surface area contributed by atoms with E-state index < -0.39 is 0 Å². The second-order valence-corrected chi connectivity index (χ2v) is 4.58. The third-order valence-corrected chi connectivity index (χ3v) is 2.88. The molecule has 2 rings (SSSR count). The largest absolute Gasteiger partial charge is 0.330 e. The lowest BCUT2D eigenvalue weighted by Crippen LogP contribution is -2.08. The van der Waals surface area contributed by atoms with E-state index in [4.69, 9.17) is 5.73 Å². The number of hydrogen-bond acceptors (Lipinski definition) is 2. The van der Waals surface area contributed by atoms with Crippen LogP contribution in [0.5, 0.6) is 0 Å². The maximum absolute atomic E-state index is 5.60. The fraction of sp³-hybridized carbons (Fsp3) is 0.250. The summed E-state index contributed by atoms with van der Waals surface area (Å²) in [4.78, 5) is 0. The summed E-state index contributed by atoms with van der Waals surface area (Å²) in [5, 5.41) is 4.25. The maximum atomic E-state index is 5.60. The molecule has 0 saturated carbocycles. The van der Waals surface area contributed by atoms with Crippen molar-refractivity contribution in [3.8, 4) is 0 Å². The molecule has 0 unspecified atom stereocenters. The molecule has 84 valence electrons. The monoisotopic (exact) mass is 279 g/mol. The van der Waals surface area contributed by atoms with Gasteiger partial charge in [-0.25, -0.2) is 0 Å². The van der Waals surface area contributed by atoms with Gasteiger partial charge in [0.1, 0.15) is 0 Å². The molecule has 0 saturated heterocycles. The fourth-order valence-electron chi connectivity index (χ4n) is 1.71. The van der Waals surface area contributed by atoms with Crippen LogP contribution in [0.25, 0.3) is 0 Å². The van der Waals surface area contributed by atoms with Crippen LogP contribution in [-0.4, -0.2) is 16.3 Å². The van der Waals surface area contributed by atoms with E-state index in [9.17, 15) is 0 Å². The van der Waals surface area contributed by atoms with Crippen molar-refractivity contribution in [3.63, 3.8) is 0 Å². The zero-order valence-corrected chi connectivity index (χ0v) is 10.5. The Bertz CT molecular complexity index is 465. The summed E-state index contributed by atoms with van der Waals surface area (Å²) in [5.74, 6) is 0. The van der Waals surface area contributed by atoms with Gasteiger partial charge >= 0.3 is 0 Å². The van der Waals surface area contributed by atoms with Gasteiger partial charge in [-0.15, -0.1) is 0 Å². The molecule has 1 aromatic carbocycles. The number of nitrogens with zero attached hydrogens (tertiary/aromatic N) is 2. The lowest BCUT2D eigenvalue weighted by Gasteiger charge is -2.08. The van der Waals surface area contributed by atoms with Crippen molar-refractivity contribution in [1.29, 1.82) is 0 Å². The van der Waals surface area contributed by atoms with Gasteiger partial charge in [0.25, 0.3) is 0 Å². The number of halogens is 1. The molecule has 4 heteroatoms. The molecule has 1 aromatic heterocycles. The first kappa shape index (κ1) is 11.4. The van der Waals surface area contributed by atoms with Crippen LogP contribution in [0.1, 0.15) is 11.1 Å². The first-order valence-electron chi connectivity index (χ1n) is 5.24. The van der Waals surface area contributed by atoms with Gasteiger partial charge in [0.15, 0.2) is 0 Å². The van der Waals surface area contributed by atoms with E-state index in [1.54, 1.807) is 6.20 Å². The van der Waals surface area contributed by atoms with Crippen LogP contribution in [-0.2, 0) is 13.0 Å². The van der Waals surface area contributed by atoms with Crippen molar-refractivity contribution in [1.82, 2.24) is 9.78 Å². The smallest absolute Gasteiger partial charge is 0.0662 e. The van der Waals surface area contributed by atoms with Crippen LogP contribution < -0.4 is 5.73 Å². The molecule has 0 aliphatic carbocycles. The van der Waals surface area contributed by atoms with E-state index in [2.05, 4.69) is 33.2 Å². The Kier molecular flexibility index (Phi) is 3.74. The standard InChI is InChI=1S/C12H14BrN3/c13-12-7-15-16(9-12)8-11-4-2-1-3-10(11)5-6-14/h1-4,7,9H,5-6,8,14H2. The van der Waals surface area contributed by atoms with E-state index in [1.165, 1.54) is 11.1 Å². The van der Waals surface area contributed by atoms with Crippen LogP contribution in [0.2, 0.25) is 0 Å². The maximum Gasteiger partial charge on any atom is 0.0662 e. The molecule has 0 aliphatic heterocycles. The molecule has 0 aliphatic rings. The SMILES string of the molecule is NCCc1ccccc1Cn1cc(Br)cn1. The zero-order valence-electron chi connectivity index (χ0n) is 8.94. The molecule has 0 atom stereocenters. The topological polar surface area (TPSA) is 43.8 Å². The van der Waals surface area contributed by atoms with Gasteiger partial charge in [-0.1, -0.05) is 24.3 Å². The number of hydrogen-bond donors (Lipinski definition) is 1. The van der Waals surface area contributed by atoms with Crippen molar-refractivity contribution < 1.29 is 0 Å². The highest BCUT2D eigenvalue weighted by molar-refractivity contribution is 9.10. The van der Waals surface area contributed by atoms with Gasteiger partial charge in [-0.2, -0.15) is 5.10 Å². The summed E-state index contributed by atoms with van der Waals surface area (Å²) in [6, 6.07) is 8.35. The molecule has 0 fully saturated rings. The average molecular weight is 280 g/mol. The first-order chi connectivity index (χ1) is 7.79. The second kappa shape index (κ2) is 5.27. The van der Waals surface area contributed by atoms with Gasteiger partial charge < -0.3 is 5.73 Å². The second-order valence-electron chi connectivity index (χ2n) is 3.66. The molecular weight excluding hydrogens is 266 g/mol. The molecular formula is C12H14BrN3. The lowest BCUT2D eigenvalue weighted by molar-refractivity contribution is 0.680. The number of rotatable bonds is 4. The molecule has 0 amide bonds. The quantitative estimate of drug-likeness (QED) is 0.933. The summed E-state index contributed by atoms with van der Waals surface area (Å²) in [6.07, 6.45) is 4.68. The Hall–Kier alpha value is -1.13. The molecule has 0 spiro atoms. The van der Waals surface area contributed by atoms with Crippen LogP contribution >= 0.6 is 15.9 Å². The third kappa shape index (κ3) is 2.71. The van der Waals surface area contributed by atoms with Gasteiger partial charge in [-0.05, 0) is 40.0 Å². The predicted octanol–water partition coefficient (Wildman–Crippen LogP) is 2.20. The Morgan fingerprint density at radius 2 is 2.00 bits per heavy atom. The van der Waals surface area contributed by atoms with Gasteiger partial charge in [0, 0.05) is 6.20 Å². The molecule has 0 radical (unpaired) electrons. The van der Waals surface area contributed by atoms with Crippen LogP contribution in [0.3, 0.4) is 0 Å². The van der Waals surface area contributed by atoms with E-state index in [0.717, 1.165) is 17.4 Å². The molecule has 2 aromatic rings. The van der Waals surface area contributed by atoms with E-state index in [1.807, 2.05) is 23.0 Å². The predicted molar refractivity (Wildman–Crippen MR) is 68.2 cm³/mol. The average Bonchev–Trinajstić information content (AvgIpc) is 2.67. The van der Waals surface area contributed by atoms with Crippen LogP contribution in [0.4, 0.5) is 0 Å². The summed E-state index contributed by atoms with van der Waals surface area (Å²) >= 11 is 3.39. The molecule has 1 heterocycles. The number of benzene rings is 1. The van der Waals surface area contributed by atoms with Gasteiger partial charge in [-0.3, -0.25) is 4.68 Å². The highest BCUT2D eigenvalue weighted by atomic mass is 79.9. The van der Waals surface area contributed by atoms with Crippen LogP contribution in [0.15, 0.2) is 41.1 Å². The first-order valence-corrected chi connectivity index (χ1v) is 6.03. The summed E-state index contributed by atoms with van der Waals surface area (Å²) in [7, 11) is 0. The van der Waals surface area contributed by atoms with Crippen molar-refractivity contribution in [2.75, 3.05) is 6.54 Å². The van der Waals surface area contributed by atoms with E-state index in [-0.39, 0.29) is 0 Å². The molecule has 16 heavy (non-hydrogen) atoms. The van der Waals surface area contributed by atoms with Crippen molar-refractivity contribution >= 4 is 15.9 Å². The Balaban J connectivity index is 2.20. The highest BCUT2D eigenvalue weighted by Gasteiger charge is 2.02. The van der Waals surface area contributed by atoms with Crippen LogP contribution in [0, 0.1) is 0 Å². The summed E-state index contributed by atoms with van der Waals surface area (Å²) in [6.45, 7) is 1.47. The minimum Gasteiger partial charge on any atom is -0.330 e. The Morgan fingerprint density at radius 3 is 2.62 bits per heavy atom. The summed E-state index contributed by atoms with van der Waals surface area (Å²) in [5.41, 5.74) is 8.18. The lowest BCUT2D eigenvalue weighted by atomic mass is 10.0. The van der Waals surface area contributed by atoms with Crippen molar-refractivity contribution in [2.24, 2.45) is 5.73 Å². The Morgan fingerprint density at radius 1 is 1.25 bits per heavy atom. The number of nitrogens with two attached hydrogens (primary N) is 1. The Labute approximate surface area is 103 Å². The molecule has 2 N–H and O–H groups in total. The van der Waals surface area contributed by atoms with E-state index in [0.29, 0.717) is 6.54 Å². The van der Waals surface area contributed by atoms with Gasteiger partial charge in [0.2, 0.25) is 0 Å². The number of aromatic nitrogens is 2. The summed E-state index contributed by atoms with van der Waals surface area (Å²) < 4.78 is 2.92. The molecule has 0 bridgehead atoms. The molecule has 3 nitrogen and oxygen atoms in total. The highest BCUT2D eigenvalue weighted by Crippen LogP contribution is 2.13. The zero-order chi connectivity index (χ0) is 11.4. The van der Waals surface area contributed by atoms with Gasteiger partial charge in [0.05, 0.1) is 17.2 Å². The minimum atomic E-state index is 0.680. The van der Waals surface area contributed by atoms with E-state index >= 15 is 0 Å².